The van der Waals surface area contributed by atoms with Gasteiger partial charge < -0.3 is 10.1 Å². The second-order valence-electron chi connectivity index (χ2n) is 5.83. The number of hydrogen-bond acceptors (Lipinski definition) is 5. The van der Waals surface area contributed by atoms with Crippen molar-refractivity contribution in [2.24, 2.45) is 0 Å². The molecule has 1 aromatic carbocycles. The second kappa shape index (κ2) is 8.46. The van der Waals surface area contributed by atoms with Gasteiger partial charge in [0.25, 0.3) is 0 Å². The normalized spacial score (nSPS) is 17.7. The van der Waals surface area contributed by atoms with E-state index in [1.807, 2.05) is 11.8 Å². The monoisotopic (exact) mass is 367 g/mol. The molecule has 1 saturated heterocycles. The molecule has 1 amide bonds. The van der Waals surface area contributed by atoms with E-state index in [-0.39, 0.29) is 16.8 Å². The number of carbonyl (C=O) groups is 1. The largest absolute Gasteiger partial charge is 0.497 e. The number of benzene rings is 1. The lowest BCUT2D eigenvalue weighted by atomic mass is 10.2. The van der Waals surface area contributed by atoms with Crippen molar-refractivity contribution in [1.82, 2.24) is 14.5 Å². The summed E-state index contributed by atoms with van der Waals surface area (Å²) in [6, 6.07) is 6.06. The molecule has 0 unspecified atom stereocenters. The molecule has 1 aliphatic heterocycles. The fourth-order valence-electron chi connectivity index (χ4n) is 2.71. The van der Waals surface area contributed by atoms with Crippen LogP contribution in [0.3, 0.4) is 0 Å². The zero-order valence-electron chi connectivity index (χ0n) is 14.6. The molecule has 0 saturated carbocycles. The van der Waals surface area contributed by atoms with Crippen molar-refractivity contribution < 1.29 is 17.9 Å². The molecule has 138 valence electrons. The predicted octanol–water partition coefficient (Wildman–Crippen LogP) is 0.692. The van der Waals surface area contributed by atoms with E-state index < -0.39 is 10.0 Å². The van der Waals surface area contributed by atoms with Crippen LogP contribution in [0.1, 0.15) is 6.92 Å². The van der Waals surface area contributed by atoms with E-state index in [1.165, 1.54) is 11.4 Å². The van der Waals surface area contributed by atoms with Crippen molar-refractivity contribution >= 4 is 15.9 Å². The number of rotatable bonds is 7. The Kier molecular flexibility index (Phi) is 6.57. The highest BCUT2D eigenvalue weighted by atomic mass is 32.2. The smallest absolute Gasteiger partial charge is 0.243 e. The first-order valence-electron chi connectivity index (χ1n) is 8.17. The lowest BCUT2D eigenvalue weighted by Crippen LogP contribution is -2.54. The highest BCUT2D eigenvalue weighted by Crippen LogP contribution is 2.21. The van der Waals surface area contributed by atoms with Gasteiger partial charge in [-0.25, -0.2) is 8.42 Å². The molecule has 1 aliphatic rings. The topological polar surface area (TPSA) is 79.0 Å². The Balaban J connectivity index is 1.98. The number of amides is 1. The summed E-state index contributed by atoms with van der Waals surface area (Å²) >= 11 is 0. The van der Waals surface area contributed by atoms with Crippen LogP contribution in [0.25, 0.3) is 0 Å². The maximum Gasteiger partial charge on any atom is 0.243 e. The summed E-state index contributed by atoms with van der Waals surface area (Å²) in [6.45, 7) is 7.56. The maximum atomic E-state index is 12.7. The van der Waals surface area contributed by atoms with Crippen LogP contribution in [-0.2, 0) is 14.8 Å². The highest BCUT2D eigenvalue weighted by Gasteiger charge is 2.31. The van der Waals surface area contributed by atoms with E-state index in [2.05, 4.69) is 11.9 Å². The molecule has 0 spiro atoms. The van der Waals surface area contributed by atoms with Crippen LogP contribution in [0, 0.1) is 0 Å². The molecule has 1 aromatic rings. The second-order valence-corrected chi connectivity index (χ2v) is 7.76. The third-order valence-corrected chi connectivity index (χ3v) is 6.23. The van der Waals surface area contributed by atoms with Crippen molar-refractivity contribution in [3.63, 3.8) is 0 Å². The van der Waals surface area contributed by atoms with Crippen LogP contribution in [0.5, 0.6) is 5.75 Å². The molecule has 2 rings (SSSR count). The van der Waals surface area contributed by atoms with Gasteiger partial charge in [0, 0.05) is 32.7 Å². The molecule has 1 fully saturated rings. The van der Waals surface area contributed by atoms with Gasteiger partial charge in [-0.2, -0.15) is 4.31 Å². The van der Waals surface area contributed by atoms with Crippen molar-refractivity contribution in [2.75, 3.05) is 39.8 Å². The van der Waals surface area contributed by atoms with Gasteiger partial charge in [0.05, 0.1) is 18.0 Å². The quantitative estimate of drug-likeness (QED) is 0.718. The van der Waals surface area contributed by atoms with Crippen LogP contribution in [0.2, 0.25) is 0 Å². The number of nitrogens with zero attached hydrogens (tertiary/aromatic N) is 2. The summed E-state index contributed by atoms with van der Waals surface area (Å²) in [7, 11) is -2.00. The lowest BCUT2D eigenvalue weighted by molar-refractivity contribution is -0.126. The van der Waals surface area contributed by atoms with E-state index in [0.29, 0.717) is 38.5 Å². The summed E-state index contributed by atoms with van der Waals surface area (Å²) in [5, 5.41) is 2.77. The number of piperazine rings is 1. The predicted molar refractivity (Wildman–Crippen MR) is 96.0 cm³/mol. The zero-order chi connectivity index (χ0) is 18.4. The molecule has 7 nitrogen and oxygen atoms in total. The van der Waals surface area contributed by atoms with Crippen LogP contribution in [-0.4, -0.2) is 69.4 Å². The minimum absolute atomic E-state index is 0.0774. The van der Waals surface area contributed by atoms with Crippen LogP contribution in [0.15, 0.2) is 41.8 Å². The van der Waals surface area contributed by atoms with Crippen molar-refractivity contribution in [2.45, 2.75) is 17.9 Å². The Bertz CT molecular complexity index is 695. The Morgan fingerprint density at radius 3 is 2.40 bits per heavy atom. The van der Waals surface area contributed by atoms with Crippen LogP contribution >= 0.6 is 0 Å². The average molecular weight is 367 g/mol. The molecule has 1 atom stereocenters. The molecule has 1 N–H and O–H groups in total. The number of carbonyl (C=O) groups excluding carboxylic acids is 1. The molecule has 1 heterocycles. The maximum absolute atomic E-state index is 12.7. The first-order chi connectivity index (χ1) is 11.9. The summed E-state index contributed by atoms with van der Waals surface area (Å²) < 4.78 is 31.9. The fraction of sp³-hybridized carbons (Fsp3) is 0.471. The van der Waals surface area contributed by atoms with Crippen molar-refractivity contribution in [3.05, 3.63) is 36.9 Å². The van der Waals surface area contributed by atoms with Gasteiger partial charge in [-0.05, 0) is 31.2 Å². The fourth-order valence-corrected chi connectivity index (χ4v) is 4.14. The summed E-state index contributed by atoms with van der Waals surface area (Å²) in [5.41, 5.74) is 0. The van der Waals surface area contributed by atoms with E-state index in [9.17, 15) is 13.2 Å². The minimum atomic E-state index is -3.53. The average Bonchev–Trinajstić information content (AvgIpc) is 2.65. The van der Waals surface area contributed by atoms with Gasteiger partial charge in [0.2, 0.25) is 15.9 Å². The summed E-state index contributed by atoms with van der Waals surface area (Å²) in [4.78, 5) is 14.3. The van der Waals surface area contributed by atoms with E-state index in [1.54, 1.807) is 30.3 Å². The first-order valence-corrected chi connectivity index (χ1v) is 9.61. The van der Waals surface area contributed by atoms with Gasteiger partial charge in [-0.3, -0.25) is 9.69 Å². The Morgan fingerprint density at radius 1 is 1.28 bits per heavy atom. The van der Waals surface area contributed by atoms with E-state index in [0.717, 1.165) is 0 Å². The molecule has 0 bridgehead atoms. The molecule has 8 heteroatoms. The number of nitrogens with one attached hydrogen (secondary N) is 1. The Labute approximate surface area is 149 Å². The van der Waals surface area contributed by atoms with Crippen LogP contribution < -0.4 is 10.1 Å². The molecular formula is C17H25N3O4S. The standard InChI is InChI=1S/C17H25N3O4S/c1-4-9-18-17(21)14(2)19-10-12-20(13-11-19)25(22,23)16-7-5-15(24-3)6-8-16/h4-8,14H,1,9-13H2,2-3H3,(H,18,21)/t14-/m0/s1. The molecule has 25 heavy (non-hydrogen) atoms. The van der Waals surface area contributed by atoms with Crippen LogP contribution in [0.4, 0.5) is 0 Å². The SMILES string of the molecule is C=CCNC(=O)[C@H](C)N1CCN(S(=O)(=O)c2ccc(OC)cc2)CC1. The lowest BCUT2D eigenvalue weighted by Gasteiger charge is -2.36. The number of ether oxygens (including phenoxy) is 1. The van der Waals surface area contributed by atoms with Gasteiger partial charge in [0.1, 0.15) is 5.75 Å². The Morgan fingerprint density at radius 2 is 1.88 bits per heavy atom. The summed E-state index contributed by atoms with van der Waals surface area (Å²) in [5.74, 6) is 0.537. The van der Waals surface area contributed by atoms with Crippen molar-refractivity contribution in [1.29, 1.82) is 0 Å². The number of methoxy groups -OCH3 is 1. The van der Waals surface area contributed by atoms with E-state index in [4.69, 9.17) is 4.74 Å². The van der Waals surface area contributed by atoms with Gasteiger partial charge in [-0.15, -0.1) is 6.58 Å². The Hall–Kier alpha value is -1.90. The first kappa shape index (κ1) is 19.4. The highest BCUT2D eigenvalue weighted by molar-refractivity contribution is 7.89. The van der Waals surface area contributed by atoms with Gasteiger partial charge >= 0.3 is 0 Å². The third-order valence-electron chi connectivity index (χ3n) is 4.32. The zero-order valence-corrected chi connectivity index (χ0v) is 15.5. The minimum Gasteiger partial charge on any atom is -0.497 e. The molecular weight excluding hydrogens is 342 g/mol. The van der Waals surface area contributed by atoms with Crippen molar-refractivity contribution in [3.8, 4) is 5.75 Å². The number of sulfonamides is 1. The molecule has 0 aliphatic carbocycles. The van der Waals surface area contributed by atoms with Gasteiger partial charge in [-0.1, -0.05) is 6.08 Å². The molecule has 0 aromatic heterocycles. The summed E-state index contributed by atoms with van der Waals surface area (Å²) in [6.07, 6.45) is 1.63. The van der Waals surface area contributed by atoms with E-state index >= 15 is 0 Å². The molecule has 0 radical (unpaired) electrons. The third kappa shape index (κ3) is 4.59. The number of hydrogen-bond donors (Lipinski definition) is 1. The van der Waals surface area contributed by atoms with Gasteiger partial charge in [0.15, 0.2) is 0 Å².